The topological polar surface area (TPSA) is 42.8 Å². The van der Waals surface area contributed by atoms with Crippen LogP contribution in [0.4, 0.5) is 5.69 Å². The van der Waals surface area contributed by atoms with Crippen LogP contribution in [0.2, 0.25) is 5.02 Å². The lowest BCUT2D eigenvalue weighted by molar-refractivity contribution is -0.907. The smallest absolute Gasteiger partial charge is 0.282 e. The molecular formula is C16H19BrClN2O2S+. The third-order valence-electron chi connectivity index (χ3n) is 3.63. The third kappa shape index (κ3) is 4.94. The van der Waals surface area contributed by atoms with Gasteiger partial charge in [0.1, 0.15) is 12.3 Å². The number of likely N-dealkylation sites (N-methyl/N-ethyl adjacent to an activating group) is 1. The van der Waals surface area contributed by atoms with E-state index in [2.05, 4.69) is 27.3 Å². The lowest BCUT2D eigenvalue weighted by Crippen LogP contribution is -3.12. The average Bonchev–Trinajstić information content (AvgIpc) is 2.91. The Hall–Kier alpha value is -1.08. The van der Waals surface area contributed by atoms with E-state index in [0.29, 0.717) is 16.5 Å². The number of rotatable bonds is 6. The van der Waals surface area contributed by atoms with Gasteiger partial charge in [0.2, 0.25) is 0 Å². The molecule has 0 spiro atoms. The van der Waals surface area contributed by atoms with E-state index in [1.807, 2.05) is 20.0 Å². The van der Waals surface area contributed by atoms with Crippen LogP contribution in [0.5, 0.6) is 5.75 Å². The molecule has 0 saturated heterocycles. The first-order valence-corrected chi connectivity index (χ1v) is 9.10. The van der Waals surface area contributed by atoms with Gasteiger partial charge in [-0.05, 0) is 53.2 Å². The maximum atomic E-state index is 12.5. The summed E-state index contributed by atoms with van der Waals surface area (Å²) >= 11 is 11.1. The predicted molar refractivity (Wildman–Crippen MR) is 98.7 cm³/mol. The van der Waals surface area contributed by atoms with Crippen LogP contribution in [-0.2, 0) is 11.3 Å². The number of anilines is 1. The lowest BCUT2D eigenvalue weighted by atomic mass is 10.2. The highest BCUT2D eigenvalue weighted by Gasteiger charge is 2.23. The van der Waals surface area contributed by atoms with Gasteiger partial charge in [0.15, 0.2) is 6.04 Å². The fourth-order valence-electron chi connectivity index (χ4n) is 2.12. The van der Waals surface area contributed by atoms with E-state index in [9.17, 15) is 4.79 Å². The summed E-state index contributed by atoms with van der Waals surface area (Å²) in [7, 11) is 3.57. The molecule has 2 rings (SSSR count). The zero-order valence-electron chi connectivity index (χ0n) is 13.2. The van der Waals surface area contributed by atoms with Crippen LogP contribution >= 0.6 is 38.9 Å². The Bertz CT molecular complexity index is 692. The Labute approximate surface area is 153 Å². The van der Waals surface area contributed by atoms with Gasteiger partial charge >= 0.3 is 0 Å². The van der Waals surface area contributed by atoms with Crippen molar-refractivity contribution in [3.8, 4) is 5.75 Å². The molecular weight excluding hydrogens is 400 g/mol. The summed E-state index contributed by atoms with van der Waals surface area (Å²) in [6.07, 6.45) is 0. The lowest BCUT2D eigenvalue weighted by Gasteiger charge is -2.21. The van der Waals surface area contributed by atoms with Gasteiger partial charge in [-0.15, -0.1) is 11.3 Å². The number of thiophene rings is 1. The van der Waals surface area contributed by atoms with Gasteiger partial charge in [-0.25, -0.2) is 0 Å². The summed E-state index contributed by atoms with van der Waals surface area (Å²) < 4.78 is 6.35. The number of quaternary nitrogens is 1. The van der Waals surface area contributed by atoms with Crippen molar-refractivity contribution in [3.63, 3.8) is 0 Å². The van der Waals surface area contributed by atoms with Gasteiger partial charge in [0, 0.05) is 5.02 Å². The van der Waals surface area contributed by atoms with Gasteiger partial charge in [0.05, 0.1) is 28.5 Å². The first-order valence-electron chi connectivity index (χ1n) is 7.11. The molecule has 0 aliphatic carbocycles. The van der Waals surface area contributed by atoms with Crippen LogP contribution in [0.1, 0.15) is 11.8 Å². The van der Waals surface area contributed by atoms with E-state index in [4.69, 9.17) is 16.3 Å². The first-order chi connectivity index (χ1) is 10.9. The van der Waals surface area contributed by atoms with Crippen LogP contribution in [0.15, 0.2) is 34.1 Å². The molecule has 124 valence electrons. The minimum absolute atomic E-state index is 0.0707. The van der Waals surface area contributed by atoms with Crippen LogP contribution < -0.4 is 15.0 Å². The molecule has 1 unspecified atom stereocenters. The number of hydrogen-bond donors (Lipinski definition) is 2. The number of amides is 1. The molecule has 1 aromatic carbocycles. The molecule has 7 heteroatoms. The fraction of sp³-hybridized carbons (Fsp3) is 0.312. The Kier molecular flexibility index (Phi) is 6.47. The quantitative estimate of drug-likeness (QED) is 0.756. The van der Waals surface area contributed by atoms with Crippen LogP contribution in [0, 0.1) is 0 Å². The van der Waals surface area contributed by atoms with Crippen molar-refractivity contribution in [3.05, 3.63) is 44.0 Å². The molecule has 23 heavy (non-hydrogen) atoms. The zero-order valence-corrected chi connectivity index (χ0v) is 16.3. The molecule has 1 aromatic heterocycles. The summed E-state index contributed by atoms with van der Waals surface area (Å²) in [6.45, 7) is 2.70. The van der Waals surface area contributed by atoms with Crippen LogP contribution in [0.3, 0.4) is 0 Å². The van der Waals surface area contributed by atoms with Crippen molar-refractivity contribution in [1.82, 2.24) is 0 Å². The zero-order chi connectivity index (χ0) is 17.0. The normalized spacial score (nSPS) is 13.4. The molecule has 2 atom stereocenters. The summed E-state index contributed by atoms with van der Waals surface area (Å²) in [5.41, 5.74) is 0.587. The highest BCUT2D eigenvalue weighted by Crippen LogP contribution is 2.27. The van der Waals surface area contributed by atoms with E-state index in [-0.39, 0.29) is 11.9 Å². The number of benzene rings is 1. The Morgan fingerprint density at radius 1 is 1.43 bits per heavy atom. The molecule has 0 bridgehead atoms. The van der Waals surface area contributed by atoms with E-state index in [1.165, 1.54) is 4.88 Å². The number of methoxy groups -OCH3 is 1. The van der Waals surface area contributed by atoms with Crippen LogP contribution in [-0.4, -0.2) is 26.1 Å². The Morgan fingerprint density at radius 3 is 2.78 bits per heavy atom. The molecule has 0 aliphatic rings. The number of ether oxygens (including phenoxy) is 1. The summed E-state index contributed by atoms with van der Waals surface area (Å²) in [4.78, 5) is 14.8. The largest absolute Gasteiger partial charge is 0.495 e. The molecule has 2 aromatic rings. The van der Waals surface area contributed by atoms with Crippen molar-refractivity contribution in [2.75, 3.05) is 19.5 Å². The van der Waals surface area contributed by atoms with Gasteiger partial charge in [-0.3, -0.25) is 4.79 Å². The predicted octanol–water partition coefficient (Wildman–Crippen LogP) is 3.21. The molecule has 1 amide bonds. The molecule has 0 fully saturated rings. The number of nitrogens with one attached hydrogen (secondary N) is 2. The number of hydrogen-bond acceptors (Lipinski definition) is 3. The number of halogens is 2. The van der Waals surface area contributed by atoms with Crippen molar-refractivity contribution >= 4 is 50.5 Å². The summed E-state index contributed by atoms with van der Waals surface area (Å²) in [5.74, 6) is 0.522. The second-order valence-electron chi connectivity index (χ2n) is 5.28. The molecule has 0 radical (unpaired) electrons. The molecule has 1 heterocycles. The first kappa shape index (κ1) is 18.3. The number of carbonyl (C=O) groups is 1. The maximum absolute atomic E-state index is 12.5. The highest BCUT2D eigenvalue weighted by atomic mass is 79.9. The highest BCUT2D eigenvalue weighted by molar-refractivity contribution is 9.11. The molecule has 2 N–H and O–H groups in total. The number of carbonyl (C=O) groups excluding carboxylic acids is 1. The average molecular weight is 419 g/mol. The standard InChI is InChI=1S/C16H18BrClN2O2S/c1-10(20(2)9-12-5-7-15(17)23-12)16(21)19-13-8-11(18)4-6-14(13)22-3/h4-8,10H,9H2,1-3H3,(H,19,21)/p+1/t10-/m0/s1. The Morgan fingerprint density at radius 2 is 2.17 bits per heavy atom. The second-order valence-corrected chi connectivity index (χ2v) is 8.27. The van der Waals surface area contributed by atoms with Gasteiger partial charge in [-0.2, -0.15) is 0 Å². The van der Waals surface area contributed by atoms with E-state index >= 15 is 0 Å². The van der Waals surface area contributed by atoms with Gasteiger partial charge in [-0.1, -0.05) is 11.6 Å². The summed E-state index contributed by atoms with van der Waals surface area (Å²) in [6, 6.07) is 9.04. The second kappa shape index (κ2) is 8.15. The van der Waals surface area contributed by atoms with E-state index in [0.717, 1.165) is 15.2 Å². The minimum atomic E-state index is -0.209. The maximum Gasteiger partial charge on any atom is 0.282 e. The summed E-state index contributed by atoms with van der Waals surface area (Å²) in [5, 5.41) is 3.45. The third-order valence-corrected chi connectivity index (χ3v) is 5.49. The Balaban J connectivity index is 2.03. The van der Waals surface area contributed by atoms with E-state index in [1.54, 1.807) is 36.6 Å². The van der Waals surface area contributed by atoms with Gasteiger partial charge in [0.25, 0.3) is 5.91 Å². The van der Waals surface area contributed by atoms with Crippen molar-refractivity contribution in [1.29, 1.82) is 0 Å². The van der Waals surface area contributed by atoms with Crippen molar-refractivity contribution in [2.24, 2.45) is 0 Å². The van der Waals surface area contributed by atoms with Crippen molar-refractivity contribution < 1.29 is 14.4 Å². The van der Waals surface area contributed by atoms with E-state index < -0.39 is 0 Å². The SMILES string of the molecule is COc1ccc(Cl)cc1NC(=O)[C@H](C)[NH+](C)Cc1ccc(Br)s1. The van der Waals surface area contributed by atoms with Crippen molar-refractivity contribution in [2.45, 2.75) is 19.5 Å². The fourth-order valence-corrected chi connectivity index (χ4v) is 3.87. The molecule has 0 saturated carbocycles. The monoisotopic (exact) mass is 417 g/mol. The van der Waals surface area contributed by atoms with Crippen LogP contribution in [0.25, 0.3) is 0 Å². The molecule has 0 aliphatic heterocycles. The minimum Gasteiger partial charge on any atom is -0.495 e. The van der Waals surface area contributed by atoms with Gasteiger partial charge < -0.3 is 15.0 Å². The molecule has 4 nitrogen and oxygen atoms in total.